The number of hydrogen-bond acceptors (Lipinski definition) is 6. The van der Waals surface area contributed by atoms with Gasteiger partial charge < -0.3 is 14.2 Å². The summed E-state index contributed by atoms with van der Waals surface area (Å²) in [7, 11) is 0. The third kappa shape index (κ3) is 66.7. The van der Waals surface area contributed by atoms with E-state index in [4.69, 9.17) is 14.2 Å². The minimum absolute atomic E-state index is 0.0645. The predicted molar refractivity (Wildman–Crippen MR) is 349 cm³/mol. The van der Waals surface area contributed by atoms with E-state index in [0.29, 0.717) is 19.3 Å². The zero-order chi connectivity index (χ0) is 57.8. The lowest BCUT2D eigenvalue weighted by Crippen LogP contribution is -2.30. The van der Waals surface area contributed by atoms with Crippen LogP contribution in [0.25, 0.3) is 0 Å². The fraction of sp³-hybridized carbons (Fsp3) is 0.905. The van der Waals surface area contributed by atoms with Crippen LogP contribution in [0.2, 0.25) is 0 Å². The van der Waals surface area contributed by atoms with Crippen molar-refractivity contribution in [2.75, 3.05) is 13.2 Å². The van der Waals surface area contributed by atoms with E-state index < -0.39 is 6.10 Å². The normalized spacial score (nSPS) is 12.1. The quantitative estimate of drug-likeness (QED) is 0.0261. The van der Waals surface area contributed by atoms with Gasteiger partial charge in [-0.3, -0.25) is 14.4 Å². The van der Waals surface area contributed by atoms with Gasteiger partial charge in [0, 0.05) is 19.3 Å². The van der Waals surface area contributed by atoms with Crippen LogP contribution in [0.4, 0.5) is 0 Å². The summed E-state index contributed by atoms with van der Waals surface area (Å²) in [6, 6.07) is 0. The van der Waals surface area contributed by atoms with Gasteiger partial charge in [0.25, 0.3) is 0 Å². The first-order valence-electron chi connectivity index (χ1n) is 36.3. The Morgan fingerprint density at radius 2 is 0.450 bits per heavy atom. The van der Waals surface area contributed by atoms with Gasteiger partial charge in [0.05, 0.1) is 0 Å². The molecular formula is C74H140O6. The standard InChI is InChI=1S/C74H140O6/c1-4-7-10-13-16-19-22-25-28-31-33-35-37-39-40-43-46-49-52-55-58-61-64-67-73(76)79-70-71(69-78-72(75)66-63-60-57-54-51-48-45-42-30-27-24-21-18-15-12-9-6-3)80-74(77)68-65-62-59-56-53-50-47-44-41-38-36-34-32-29-26-23-20-17-14-11-8-5-2/h22,25,31,33,71H,4-21,23-24,26-30,32,34-70H2,1-3H3/b25-22-,33-31-. The van der Waals surface area contributed by atoms with Crippen molar-refractivity contribution in [1.29, 1.82) is 0 Å². The van der Waals surface area contributed by atoms with Gasteiger partial charge in [0.15, 0.2) is 6.10 Å². The first kappa shape index (κ1) is 77.9. The van der Waals surface area contributed by atoms with E-state index in [2.05, 4.69) is 45.1 Å². The van der Waals surface area contributed by atoms with Crippen LogP contribution in [0.15, 0.2) is 24.3 Å². The SMILES string of the molecule is CCCCCCC/C=C\C/C=C\CCCCCCCCCCCCCC(=O)OCC(COC(=O)CCCCCCCCCCCCCCCCCCC)OC(=O)CCCCCCCCCCCCCCCCCCCCCCCC. The molecule has 1 unspecified atom stereocenters. The molecule has 472 valence electrons. The van der Waals surface area contributed by atoms with Gasteiger partial charge in [0.2, 0.25) is 0 Å². The molecule has 6 nitrogen and oxygen atoms in total. The summed E-state index contributed by atoms with van der Waals surface area (Å²) in [5, 5.41) is 0. The highest BCUT2D eigenvalue weighted by atomic mass is 16.6. The molecule has 0 radical (unpaired) electrons. The maximum atomic E-state index is 13.0. The molecule has 0 aliphatic heterocycles. The highest BCUT2D eigenvalue weighted by molar-refractivity contribution is 5.71. The van der Waals surface area contributed by atoms with E-state index in [0.717, 1.165) is 64.2 Å². The molecule has 0 aliphatic carbocycles. The zero-order valence-electron chi connectivity index (χ0n) is 54.4. The van der Waals surface area contributed by atoms with Crippen molar-refractivity contribution in [1.82, 2.24) is 0 Å². The van der Waals surface area contributed by atoms with Crippen molar-refractivity contribution in [3.63, 3.8) is 0 Å². The van der Waals surface area contributed by atoms with Crippen LogP contribution in [0.1, 0.15) is 412 Å². The Morgan fingerprint density at radius 3 is 0.688 bits per heavy atom. The lowest BCUT2D eigenvalue weighted by Gasteiger charge is -2.18. The first-order valence-corrected chi connectivity index (χ1v) is 36.3. The number of carbonyl (C=O) groups is 3. The number of unbranched alkanes of at least 4 members (excludes halogenated alkanes) is 53. The van der Waals surface area contributed by atoms with Crippen LogP contribution >= 0.6 is 0 Å². The fourth-order valence-electron chi connectivity index (χ4n) is 11.2. The second-order valence-electron chi connectivity index (χ2n) is 24.9. The Balaban J connectivity index is 4.28. The topological polar surface area (TPSA) is 78.9 Å². The van der Waals surface area contributed by atoms with Crippen LogP contribution in [-0.2, 0) is 28.6 Å². The Bertz CT molecular complexity index is 1290. The van der Waals surface area contributed by atoms with Gasteiger partial charge in [0.1, 0.15) is 13.2 Å². The Labute approximate surface area is 500 Å². The smallest absolute Gasteiger partial charge is 0.306 e. The Hall–Kier alpha value is -2.11. The van der Waals surface area contributed by atoms with Crippen molar-refractivity contribution in [2.45, 2.75) is 419 Å². The van der Waals surface area contributed by atoms with Crippen LogP contribution in [0, 0.1) is 0 Å². The molecule has 0 bridgehead atoms. The number of ether oxygens (including phenoxy) is 3. The van der Waals surface area contributed by atoms with Crippen LogP contribution in [-0.4, -0.2) is 37.2 Å². The van der Waals surface area contributed by atoms with E-state index in [-0.39, 0.29) is 31.1 Å². The van der Waals surface area contributed by atoms with Gasteiger partial charge in [-0.2, -0.15) is 0 Å². The third-order valence-electron chi connectivity index (χ3n) is 16.7. The van der Waals surface area contributed by atoms with E-state index >= 15 is 0 Å². The summed E-state index contributed by atoms with van der Waals surface area (Å²) in [4.78, 5) is 38.5. The van der Waals surface area contributed by atoms with E-state index in [9.17, 15) is 14.4 Å². The average molecular weight is 1130 g/mol. The molecule has 0 fully saturated rings. The molecular weight excluding hydrogens is 985 g/mol. The summed E-state index contributed by atoms with van der Waals surface area (Å²) < 4.78 is 17.0. The molecule has 0 saturated heterocycles. The fourth-order valence-corrected chi connectivity index (χ4v) is 11.2. The first-order chi connectivity index (χ1) is 39.5. The summed E-state index contributed by atoms with van der Waals surface area (Å²) in [5.74, 6) is -0.830. The number of rotatable bonds is 68. The van der Waals surface area contributed by atoms with Crippen LogP contribution in [0.3, 0.4) is 0 Å². The zero-order valence-corrected chi connectivity index (χ0v) is 54.4. The van der Waals surface area contributed by atoms with Crippen LogP contribution < -0.4 is 0 Å². The lowest BCUT2D eigenvalue weighted by atomic mass is 10.0. The number of carbonyl (C=O) groups excluding carboxylic acids is 3. The molecule has 80 heavy (non-hydrogen) atoms. The minimum atomic E-state index is -0.769. The van der Waals surface area contributed by atoms with Crippen LogP contribution in [0.5, 0.6) is 0 Å². The number of hydrogen-bond donors (Lipinski definition) is 0. The van der Waals surface area contributed by atoms with E-state index in [1.54, 1.807) is 0 Å². The second kappa shape index (κ2) is 69.4. The summed E-state index contributed by atoms with van der Waals surface area (Å²) >= 11 is 0. The lowest BCUT2D eigenvalue weighted by molar-refractivity contribution is -0.167. The molecule has 0 aromatic heterocycles. The van der Waals surface area contributed by atoms with Gasteiger partial charge in [-0.25, -0.2) is 0 Å². The number of allylic oxidation sites excluding steroid dienone is 4. The summed E-state index contributed by atoms with van der Waals surface area (Å²) in [6.45, 7) is 6.72. The van der Waals surface area contributed by atoms with Crippen molar-refractivity contribution in [3.05, 3.63) is 24.3 Å². The van der Waals surface area contributed by atoms with Gasteiger partial charge >= 0.3 is 17.9 Å². The molecule has 0 aromatic rings. The van der Waals surface area contributed by atoms with Crippen molar-refractivity contribution in [2.24, 2.45) is 0 Å². The molecule has 0 rings (SSSR count). The minimum Gasteiger partial charge on any atom is -0.462 e. The molecule has 1 atom stereocenters. The number of esters is 3. The highest BCUT2D eigenvalue weighted by Gasteiger charge is 2.19. The molecule has 0 aliphatic rings. The molecule has 6 heteroatoms. The molecule has 0 saturated carbocycles. The average Bonchev–Trinajstić information content (AvgIpc) is 3.46. The van der Waals surface area contributed by atoms with Crippen molar-refractivity contribution >= 4 is 17.9 Å². The predicted octanol–water partition coefficient (Wildman–Crippen LogP) is 25.0. The van der Waals surface area contributed by atoms with Crippen molar-refractivity contribution < 1.29 is 28.6 Å². The summed E-state index contributed by atoms with van der Waals surface area (Å²) in [6.07, 6.45) is 84.9. The maximum absolute atomic E-state index is 13.0. The molecule has 0 amide bonds. The van der Waals surface area contributed by atoms with Crippen molar-refractivity contribution in [3.8, 4) is 0 Å². The summed E-state index contributed by atoms with van der Waals surface area (Å²) in [5.41, 5.74) is 0. The van der Waals surface area contributed by atoms with Gasteiger partial charge in [-0.1, -0.05) is 366 Å². The van der Waals surface area contributed by atoms with Gasteiger partial charge in [-0.15, -0.1) is 0 Å². The highest BCUT2D eigenvalue weighted by Crippen LogP contribution is 2.19. The Morgan fingerprint density at radius 1 is 0.250 bits per heavy atom. The Kier molecular flexibility index (Phi) is 67.6. The van der Waals surface area contributed by atoms with Gasteiger partial charge in [-0.05, 0) is 51.4 Å². The van der Waals surface area contributed by atoms with E-state index in [1.165, 1.54) is 308 Å². The third-order valence-corrected chi connectivity index (χ3v) is 16.7. The second-order valence-corrected chi connectivity index (χ2v) is 24.9. The molecule has 0 N–H and O–H groups in total. The molecule has 0 heterocycles. The monoisotopic (exact) mass is 1130 g/mol. The maximum Gasteiger partial charge on any atom is 0.306 e. The van der Waals surface area contributed by atoms with E-state index in [1.807, 2.05) is 0 Å². The molecule has 0 spiro atoms. The molecule has 0 aromatic carbocycles. The largest absolute Gasteiger partial charge is 0.462 e.